The molecule has 3 aromatic rings. The molecule has 2 aromatic carbocycles. The van der Waals surface area contributed by atoms with Gasteiger partial charge in [-0.15, -0.1) is 0 Å². The molecule has 1 aliphatic rings. The zero-order chi connectivity index (χ0) is 25.3. The monoisotopic (exact) mass is 564 g/mol. The standard InChI is InChI=1S/C26H23ClF2N4O2.2H2S/c1-15(2)23(25(35)33-14-26(28,29)13-22(33)30-3)32-24(34)19-10-11-31-21-9-6-17(12-20(19)21)16-4-7-18(27)8-5-16;;/h4-12,15,22-23H,13-14H2,1-2H3,(H,32,34);2*1H2/t22-,23-;;/m0../s1. The Labute approximate surface area is 233 Å². The van der Waals surface area contributed by atoms with Crippen LogP contribution in [0.25, 0.3) is 26.9 Å². The van der Waals surface area contributed by atoms with Crippen molar-refractivity contribution in [1.82, 2.24) is 15.2 Å². The second-order valence-electron chi connectivity index (χ2n) is 8.93. The van der Waals surface area contributed by atoms with E-state index in [1.54, 1.807) is 38.1 Å². The number of carbonyl (C=O) groups is 2. The van der Waals surface area contributed by atoms with E-state index < -0.39 is 42.9 Å². The summed E-state index contributed by atoms with van der Waals surface area (Å²) in [5, 5.41) is 3.91. The van der Waals surface area contributed by atoms with Gasteiger partial charge in [-0.1, -0.05) is 43.6 Å². The Bertz CT molecular complexity index is 1330. The van der Waals surface area contributed by atoms with Crippen LogP contribution in [0.2, 0.25) is 5.02 Å². The van der Waals surface area contributed by atoms with Gasteiger partial charge >= 0.3 is 6.17 Å². The highest BCUT2D eigenvalue weighted by atomic mass is 35.5. The first-order chi connectivity index (χ1) is 16.6. The molecular weight excluding hydrogens is 538 g/mol. The van der Waals surface area contributed by atoms with E-state index in [1.807, 2.05) is 24.3 Å². The Morgan fingerprint density at radius 3 is 2.41 bits per heavy atom. The predicted molar refractivity (Wildman–Crippen MR) is 151 cm³/mol. The average Bonchev–Trinajstić information content (AvgIpc) is 3.16. The first-order valence-corrected chi connectivity index (χ1v) is 11.5. The molecule has 1 fully saturated rings. The number of alkyl halides is 2. The maximum absolute atomic E-state index is 13.9. The molecular formula is C26H27ClF2N4O2S2. The number of carbonyl (C=O) groups excluding carboxylic acids is 2. The van der Waals surface area contributed by atoms with E-state index >= 15 is 0 Å². The van der Waals surface area contributed by atoms with Crippen LogP contribution in [0.15, 0.2) is 54.7 Å². The molecule has 37 heavy (non-hydrogen) atoms. The number of fused-ring (bicyclic) bond motifs is 1. The molecule has 196 valence electrons. The predicted octanol–water partition coefficient (Wildman–Crippen LogP) is 5.65. The van der Waals surface area contributed by atoms with Crippen molar-refractivity contribution in [1.29, 1.82) is 0 Å². The highest BCUT2D eigenvalue weighted by Crippen LogP contribution is 2.33. The van der Waals surface area contributed by atoms with E-state index in [-0.39, 0.29) is 32.9 Å². The van der Waals surface area contributed by atoms with Crippen LogP contribution >= 0.6 is 38.6 Å². The van der Waals surface area contributed by atoms with Gasteiger partial charge in [-0.05, 0) is 47.4 Å². The lowest BCUT2D eigenvalue weighted by molar-refractivity contribution is -0.135. The smallest absolute Gasteiger partial charge is 0.306 e. The summed E-state index contributed by atoms with van der Waals surface area (Å²) in [6, 6.07) is 13.3. The van der Waals surface area contributed by atoms with Crippen molar-refractivity contribution in [3.05, 3.63) is 76.7 Å². The van der Waals surface area contributed by atoms with Gasteiger partial charge in [-0.3, -0.25) is 24.3 Å². The molecule has 2 amide bonds. The normalized spacial score (nSPS) is 16.9. The second kappa shape index (κ2) is 12.1. The topological polar surface area (TPSA) is 66.7 Å². The van der Waals surface area contributed by atoms with Gasteiger partial charge in [0.1, 0.15) is 12.5 Å². The summed E-state index contributed by atoms with van der Waals surface area (Å²) in [5.74, 6) is -4.73. The largest absolute Gasteiger partial charge is 0.340 e. The highest BCUT2D eigenvalue weighted by Gasteiger charge is 2.52. The molecule has 0 radical (unpaired) electrons. The number of aromatic nitrogens is 1. The fourth-order valence-corrected chi connectivity index (χ4v) is 4.34. The summed E-state index contributed by atoms with van der Waals surface area (Å²) in [4.78, 5) is 34.9. The van der Waals surface area contributed by atoms with Gasteiger partial charge in [0.25, 0.3) is 17.7 Å². The van der Waals surface area contributed by atoms with Crippen LogP contribution in [0.1, 0.15) is 30.6 Å². The molecule has 0 bridgehead atoms. The van der Waals surface area contributed by atoms with E-state index in [9.17, 15) is 18.4 Å². The van der Waals surface area contributed by atoms with Gasteiger partial charge in [0.15, 0.2) is 0 Å². The van der Waals surface area contributed by atoms with Gasteiger partial charge in [0.2, 0.25) is 0 Å². The van der Waals surface area contributed by atoms with Crippen LogP contribution in [-0.4, -0.2) is 46.4 Å². The fraction of sp³-hybridized carbons (Fsp3) is 0.308. The Kier molecular flexibility index (Phi) is 9.94. The molecule has 1 aliphatic heterocycles. The molecule has 0 spiro atoms. The summed E-state index contributed by atoms with van der Waals surface area (Å²) in [5.41, 5.74) is 2.65. The van der Waals surface area contributed by atoms with Crippen LogP contribution in [0.3, 0.4) is 0 Å². The van der Waals surface area contributed by atoms with Crippen molar-refractivity contribution in [2.45, 2.75) is 38.4 Å². The van der Waals surface area contributed by atoms with Crippen molar-refractivity contribution in [2.24, 2.45) is 5.92 Å². The highest BCUT2D eigenvalue weighted by molar-refractivity contribution is 7.59. The fourth-order valence-electron chi connectivity index (χ4n) is 4.21. The molecule has 0 aliphatic carbocycles. The van der Waals surface area contributed by atoms with Crippen molar-refractivity contribution in [3.8, 4) is 11.1 Å². The Morgan fingerprint density at radius 2 is 1.78 bits per heavy atom. The number of pyridine rings is 1. The first kappa shape index (κ1) is 30.4. The van der Waals surface area contributed by atoms with Crippen molar-refractivity contribution in [3.63, 3.8) is 0 Å². The molecule has 4 rings (SSSR count). The Hall–Kier alpha value is -2.87. The third kappa shape index (κ3) is 6.53. The summed E-state index contributed by atoms with van der Waals surface area (Å²) in [7, 11) is 0. The molecule has 1 saturated heterocycles. The Balaban J connectivity index is 0.00000241. The zero-order valence-corrected chi connectivity index (χ0v) is 22.9. The van der Waals surface area contributed by atoms with Crippen LogP contribution in [0.4, 0.5) is 8.78 Å². The first-order valence-electron chi connectivity index (χ1n) is 11.1. The van der Waals surface area contributed by atoms with Crippen molar-refractivity contribution >= 4 is 61.3 Å². The minimum atomic E-state index is -3.13. The summed E-state index contributed by atoms with van der Waals surface area (Å²) >= 11 is 5.99. The summed E-state index contributed by atoms with van der Waals surface area (Å²) in [6.07, 6.45) is -0.454. The van der Waals surface area contributed by atoms with Crippen LogP contribution < -0.4 is 5.32 Å². The summed E-state index contributed by atoms with van der Waals surface area (Å²) < 4.78 is 27.8. The van der Waals surface area contributed by atoms with Crippen molar-refractivity contribution < 1.29 is 18.4 Å². The Morgan fingerprint density at radius 1 is 1.14 bits per heavy atom. The molecule has 1 aromatic heterocycles. The van der Waals surface area contributed by atoms with E-state index in [2.05, 4.69) is 15.1 Å². The van der Waals surface area contributed by atoms with Gasteiger partial charge < -0.3 is 5.32 Å². The number of nitrogens with one attached hydrogen (secondary N) is 1. The number of amides is 2. The molecule has 2 heterocycles. The number of halogens is 3. The maximum atomic E-state index is 13.9. The minimum absolute atomic E-state index is 0. The van der Waals surface area contributed by atoms with E-state index in [0.29, 0.717) is 21.5 Å². The minimum Gasteiger partial charge on any atom is -0.340 e. The number of benzene rings is 2. The quantitative estimate of drug-likeness (QED) is 0.407. The molecule has 2 atom stereocenters. The van der Waals surface area contributed by atoms with Crippen LogP contribution in [0, 0.1) is 12.5 Å². The lowest BCUT2D eigenvalue weighted by Crippen LogP contribution is -2.52. The molecule has 0 unspecified atom stereocenters. The lowest BCUT2D eigenvalue weighted by atomic mass is 9.99. The third-order valence-electron chi connectivity index (χ3n) is 6.06. The number of nitrogens with zero attached hydrogens (tertiary/aromatic N) is 3. The molecule has 0 saturated carbocycles. The van der Waals surface area contributed by atoms with Crippen LogP contribution in [0.5, 0.6) is 0 Å². The van der Waals surface area contributed by atoms with E-state index in [1.165, 1.54) is 6.20 Å². The molecule has 6 nitrogen and oxygen atoms in total. The number of likely N-dealkylation sites (tertiary alicyclic amines) is 1. The third-order valence-corrected chi connectivity index (χ3v) is 6.31. The van der Waals surface area contributed by atoms with Gasteiger partial charge in [0.05, 0.1) is 17.6 Å². The average molecular weight is 565 g/mol. The van der Waals surface area contributed by atoms with Gasteiger partial charge in [-0.25, -0.2) is 15.4 Å². The lowest BCUT2D eigenvalue weighted by Gasteiger charge is -2.26. The number of rotatable bonds is 5. The zero-order valence-electron chi connectivity index (χ0n) is 20.1. The van der Waals surface area contributed by atoms with E-state index in [0.717, 1.165) is 16.0 Å². The SMILES string of the molecule is S.S.[C-]#[N+][C@@H]1CC(F)(F)CN1C(=O)[C@@H](NC(=O)c1ccnc2ccc(-c3ccc(Cl)cc3)cc12)C(C)C. The van der Waals surface area contributed by atoms with Gasteiger partial charge in [0, 0.05) is 16.6 Å². The van der Waals surface area contributed by atoms with E-state index in [4.69, 9.17) is 18.2 Å². The second-order valence-corrected chi connectivity index (χ2v) is 9.36. The summed E-state index contributed by atoms with van der Waals surface area (Å²) in [6.45, 7) is 9.81. The van der Waals surface area contributed by atoms with Crippen LogP contribution in [-0.2, 0) is 4.79 Å². The molecule has 1 N–H and O–H groups in total. The van der Waals surface area contributed by atoms with Gasteiger partial charge in [-0.2, -0.15) is 27.0 Å². The van der Waals surface area contributed by atoms with Crippen molar-refractivity contribution in [2.75, 3.05) is 6.54 Å². The molecule has 11 heteroatoms. The maximum Gasteiger partial charge on any atom is 0.306 e. The number of hydrogen-bond donors (Lipinski definition) is 1. The number of hydrogen-bond acceptors (Lipinski definition) is 3.